The Kier molecular flexibility index (Phi) is 6.79. The van der Waals surface area contributed by atoms with Crippen molar-refractivity contribution in [2.45, 2.75) is 45.2 Å². The van der Waals surface area contributed by atoms with E-state index in [4.69, 9.17) is 0 Å². The van der Waals surface area contributed by atoms with Crippen molar-refractivity contribution in [2.75, 3.05) is 39.3 Å². The van der Waals surface area contributed by atoms with Crippen molar-refractivity contribution >= 4 is 17.7 Å². The van der Waals surface area contributed by atoms with E-state index in [9.17, 15) is 18.8 Å². The first-order valence-corrected chi connectivity index (χ1v) is 11.7. The Morgan fingerprint density at radius 3 is 2.38 bits per heavy atom. The molecular weight excluding hydrogens is 411 g/mol. The Balaban J connectivity index is 1.59. The smallest absolute Gasteiger partial charge is 0.254 e. The maximum absolute atomic E-state index is 13.4. The van der Waals surface area contributed by atoms with Gasteiger partial charge >= 0.3 is 0 Å². The van der Waals surface area contributed by atoms with Gasteiger partial charge in [-0.05, 0) is 49.4 Å². The fourth-order valence-corrected chi connectivity index (χ4v) is 4.73. The number of hydrogen-bond donors (Lipinski definition) is 1. The molecule has 0 spiro atoms. The van der Waals surface area contributed by atoms with Gasteiger partial charge in [-0.3, -0.25) is 14.4 Å². The van der Waals surface area contributed by atoms with Gasteiger partial charge in [0.2, 0.25) is 11.8 Å². The molecule has 4 rings (SSSR count). The number of amides is 3. The van der Waals surface area contributed by atoms with Crippen LogP contribution in [-0.2, 0) is 9.59 Å². The van der Waals surface area contributed by atoms with Gasteiger partial charge in [0.05, 0.1) is 6.04 Å². The molecule has 8 heteroatoms. The van der Waals surface area contributed by atoms with E-state index in [1.54, 1.807) is 4.90 Å². The van der Waals surface area contributed by atoms with Gasteiger partial charge in [0.15, 0.2) is 0 Å². The van der Waals surface area contributed by atoms with Gasteiger partial charge in [0.25, 0.3) is 5.91 Å². The summed E-state index contributed by atoms with van der Waals surface area (Å²) in [5, 5.41) is 3.25. The van der Waals surface area contributed by atoms with Gasteiger partial charge in [0, 0.05) is 50.7 Å². The van der Waals surface area contributed by atoms with Crippen LogP contribution in [0, 0.1) is 17.7 Å². The monoisotopic (exact) mass is 444 g/mol. The molecule has 1 aromatic carbocycles. The summed E-state index contributed by atoms with van der Waals surface area (Å²) in [6.07, 6.45) is 2.28. The van der Waals surface area contributed by atoms with Crippen LogP contribution < -0.4 is 5.32 Å². The summed E-state index contributed by atoms with van der Waals surface area (Å²) in [7, 11) is 0. The second kappa shape index (κ2) is 9.57. The quantitative estimate of drug-likeness (QED) is 0.726. The van der Waals surface area contributed by atoms with Crippen LogP contribution >= 0.6 is 0 Å². The van der Waals surface area contributed by atoms with Crippen LogP contribution in [0.15, 0.2) is 24.3 Å². The molecule has 2 heterocycles. The first-order chi connectivity index (χ1) is 15.3. The Labute approximate surface area is 188 Å². The maximum Gasteiger partial charge on any atom is 0.254 e. The van der Waals surface area contributed by atoms with Gasteiger partial charge < -0.3 is 20.0 Å². The fraction of sp³-hybridized carbons (Fsp3) is 0.625. The molecule has 3 fully saturated rings. The summed E-state index contributed by atoms with van der Waals surface area (Å²) in [5.41, 5.74) is 0.356. The Morgan fingerprint density at radius 2 is 1.78 bits per heavy atom. The fourth-order valence-electron chi connectivity index (χ4n) is 4.73. The zero-order valence-electron chi connectivity index (χ0n) is 18.9. The van der Waals surface area contributed by atoms with Crippen LogP contribution in [-0.4, -0.2) is 83.8 Å². The van der Waals surface area contributed by atoms with Crippen LogP contribution in [0.5, 0.6) is 0 Å². The van der Waals surface area contributed by atoms with Crippen molar-refractivity contribution in [3.8, 4) is 0 Å². The maximum atomic E-state index is 13.4. The van der Waals surface area contributed by atoms with Crippen molar-refractivity contribution in [3.63, 3.8) is 0 Å². The van der Waals surface area contributed by atoms with Crippen molar-refractivity contribution in [1.82, 2.24) is 20.0 Å². The first kappa shape index (κ1) is 22.7. The number of halogens is 1. The summed E-state index contributed by atoms with van der Waals surface area (Å²) in [4.78, 5) is 45.2. The number of hydrogen-bond acceptors (Lipinski definition) is 4. The Morgan fingerprint density at radius 1 is 1.12 bits per heavy atom. The molecule has 0 radical (unpaired) electrons. The van der Waals surface area contributed by atoms with Gasteiger partial charge in [-0.2, -0.15) is 0 Å². The molecule has 1 aromatic rings. The van der Waals surface area contributed by atoms with E-state index >= 15 is 0 Å². The van der Waals surface area contributed by atoms with E-state index in [-0.39, 0.29) is 29.7 Å². The molecule has 174 valence electrons. The summed E-state index contributed by atoms with van der Waals surface area (Å²) in [6, 6.07) is 4.63. The molecule has 2 unspecified atom stereocenters. The van der Waals surface area contributed by atoms with Crippen molar-refractivity contribution in [2.24, 2.45) is 11.8 Å². The van der Waals surface area contributed by atoms with Gasteiger partial charge in [0.1, 0.15) is 11.9 Å². The largest absolute Gasteiger partial charge is 0.338 e. The lowest BCUT2D eigenvalue weighted by Gasteiger charge is -2.32. The second-order valence-corrected chi connectivity index (χ2v) is 9.60. The van der Waals surface area contributed by atoms with Crippen LogP contribution in [0.25, 0.3) is 0 Å². The van der Waals surface area contributed by atoms with E-state index in [0.717, 1.165) is 25.9 Å². The highest BCUT2D eigenvalue weighted by Crippen LogP contribution is 2.34. The molecule has 0 aromatic heterocycles. The lowest BCUT2D eigenvalue weighted by molar-refractivity contribution is -0.137. The number of rotatable bonds is 6. The van der Waals surface area contributed by atoms with Gasteiger partial charge in [-0.15, -0.1) is 0 Å². The number of carbonyl (C=O) groups excluding carboxylic acids is 3. The molecule has 3 amide bonds. The van der Waals surface area contributed by atoms with Gasteiger partial charge in [-0.1, -0.05) is 13.8 Å². The van der Waals surface area contributed by atoms with Crippen LogP contribution in [0.1, 0.15) is 43.5 Å². The van der Waals surface area contributed by atoms with E-state index in [1.807, 2.05) is 9.80 Å². The third kappa shape index (κ3) is 4.95. The molecule has 0 bridgehead atoms. The molecule has 2 saturated heterocycles. The minimum absolute atomic E-state index is 0.0622. The lowest BCUT2D eigenvalue weighted by Crippen LogP contribution is -2.53. The average Bonchev–Trinajstić information content (AvgIpc) is 3.55. The number of nitrogens with zero attached hydrogens (tertiary/aromatic N) is 3. The first-order valence-electron chi connectivity index (χ1n) is 11.7. The topological polar surface area (TPSA) is 73.0 Å². The average molecular weight is 445 g/mol. The molecule has 2 aliphatic heterocycles. The highest BCUT2D eigenvalue weighted by Gasteiger charge is 2.46. The van der Waals surface area contributed by atoms with E-state index in [2.05, 4.69) is 19.2 Å². The Bertz CT molecular complexity index is 849. The predicted octanol–water partition coefficient (Wildman–Crippen LogP) is 1.74. The standard InChI is InChI=1S/C24H33FN4O3/c1-16(2)14-28(22(30)17-3-4-17)20-13-21(24(32)27-11-9-26-10-12-27)29(15-20)23(31)18-5-7-19(25)8-6-18/h5-8,16-17,20-21,26H,3-4,9-15H2,1-2H3. The van der Waals surface area contributed by atoms with Crippen molar-refractivity contribution < 1.29 is 18.8 Å². The third-order valence-corrected chi connectivity index (χ3v) is 6.56. The summed E-state index contributed by atoms with van der Waals surface area (Å²) < 4.78 is 13.4. The summed E-state index contributed by atoms with van der Waals surface area (Å²) in [6.45, 7) is 7.77. The number of likely N-dealkylation sites (tertiary alicyclic amines) is 1. The normalized spacial score (nSPS) is 23.5. The van der Waals surface area contributed by atoms with E-state index in [0.29, 0.717) is 44.1 Å². The highest BCUT2D eigenvalue weighted by molar-refractivity contribution is 5.98. The number of benzene rings is 1. The van der Waals surface area contributed by atoms with Crippen LogP contribution in [0.3, 0.4) is 0 Å². The molecular formula is C24H33FN4O3. The zero-order chi connectivity index (χ0) is 22.8. The number of piperazine rings is 1. The molecule has 1 N–H and O–H groups in total. The predicted molar refractivity (Wildman–Crippen MR) is 118 cm³/mol. The number of nitrogens with one attached hydrogen (secondary N) is 1. The van der Waals surface area contributed by atoms with Crippen molar-refractivity contribution in [1.29, 1.82) is 0 Å². The van der Waals surface area contributed by atoms with Crippen LogP contribution in [0.2, 0.25) is 0 Å². The van der Waals surface area contributed by atoms with Gasteiger partial charge in [-0.25, -0.2) is 4.39 Å². The molecule has 1 aliphatic carbocycles. The van der Waals surface area contributed by atoms with Crippen molar-refractivity contribution in [3.05, 3.63) is 35.6 Å². The minimum atomic E-state index is -0.614. The number of carbonyl (C=O) groups is 3. The molecule has 2 atom stereocenters. The van der Waals surface area contributed by atoms with E-state index < -0.39 is 11.9 Å². The summed E-state index contributed by atoms with van der Waals surface area (Å²) in [5.74, 6) is -0.238. The summed E-state index contributed by atoms with van der Waals surface area (Å²) >= 11 is 0. The molecule has 7 nitrogen and oxygen atoms in total. The minimum Gasteiger partial charge on any atom is -0.338 e. The SMILES string of the molecule is CC(C)CN(C(=O)C1CC1)C1CC(C(=O)N2CCNCC2)N(C(=O)c2ccc(F)cc2)C1. The zero-order valence-corrected chi connectivity index (χ0v) is 18.9. The molecule has 32 heavy (non-hydrogen) atoms. The lowest BCUT2D eigenvalue weighted by atomic mass is 10.1. The highest BCUT2D eigenvalue weighted by atomic mass is 19.1. The second-order valence-electron chi connectivity index (χ2n) is 9.60. The Hall–Kier alpha value is -2.48. The molecule has 3 aliphatic rings. The van der Waals surface area contributed by atoms with Crippen LogP contribution in [0.4, 0.5) is 4.39 Å². The molecule has 1 saturated carbocycles. The third-order valence-electron chi connectivity index (χ3n) is 6.56. The van der Waals surface area contributed by atoms with E-state index in [1.165, 1.54) is 24.3 Å².